The Bertz CT molecular complexity index is 256. The van der Waals surface area contributed by atoms with Gasteiger partial charge in [0.2, 0.25) is 5.91 Å². The van der Waals surface area contributed by atoms with Crippen LogP contribution in [0.5, 0.6) is 0 Å². The molecule has 0 saturated carbocycles. The zero-order chi connectivity index (χ0) is 14.8. The van der Waals surface area contributed by atoms with Crippen LogP contribution in [0.15, 0.2) is 0 Å². The molecule has 0 spiro atoms. The normalized spacial score (nSPS) is 22.2. The van der Waals surface area contributed by atoms with Gasteiger partial charge in [-0.2, -0.15) is 0 Å². The minimum atomic E-state index is 0.262. The van der Waals surface area contributed by atoms with E-state index in [2.05, 4.69) is 31.4 Å². The fraction of sp³-hybridized carbons (Fsp3) is 0.941. The fourth-order valence-electron chi connectivity index (χ4n) is 3.20. The van der Waals surface area contributed by atoms with Crippen molar-refractivity contribution in [3.63, 3.8) is 0 Å². The number of rotatable bonds is 9. The molecule has 3 heteroatoms. The van der Waals surface area contributed by atoms with Gasteiger partial charge in [-0.25, -0.2) is 0 Å². The quantitative estimate of drug-likeness (QED) is 0.679. The van der Waals surface area contributed by atoms with Crippen molar-refractivity contribution in [3.8, 4) is 0 Å². The highest BCUT2D eigenvalue weighted by molar-refractivity contribution is 5.76. The van der Waals surface area contributed by atoms with Crippen molar-refractivity contribution >= 4 is 5.91 Å². The van der Waals surface area contributed by atoms with Crippen LogP contribution in [0.1, 0.15) is 72.1 Å². The molecule has 1 amide bonds. The molecular weight excluding hydrogens is 248 g/mol. The molecular formula is C17H34N2O. The second-order valence-electron chi connectivity index (χ2n) is 6.48. The molecule has 20 heavy (non-hydrogen) atoms. The number of nitrogens with one attached hydrogen (secondary N) is 2. The molecule has 1 saturated heterocycles. The van der Waals surface area contributed by atoms with Crippen molar-refractivity contribution in [1.82, 2.24) is 10.6 Å². The van der Waals surface area contributed by atoms with E-state index >= 15 is 0 Å². The lowest BCUT2D eigenvalue weighted by molar-refractivity contribution is -0.123. The summed E-state index contributed by atoms with van der Waals surface area (Å²) < 4.78 is 0. The van der Waals surface area contributed by atoms with Crippen LogP contribution in [0.3, 0.4) is 0 Å². The monoisotopic (exact) mass is 282 g/mol. The molecule has 2 N–H and O–H groups in total. The predicted molar refractivity (Wildman–Crippen MR) is 85.7 cm³/mol. The summed E-state index contributed by atoms with van der Waals surface area (Å²) in [5.74, 6) is 1.43. The predicted octanol–water partition coefficient (Wildman–Crippen LogP) is 3.49. The van der Waals surface area contributed by atoms with E-state index in [4.69, 9.17) is 0 Å². The summed E-state index contributed by atoms with van der Waals surface area (Å²) in [5, 5.41) is 6.71. The highest BCUT2D eigenvalue weighted by Gasteiger charge is 2.22. The average molecular weight is 282 g/mol. The first kappa shape index (κ1) is 17.5. The third-order valence-electron chi connectivity index (χ3n) is 4.56. The van der Waals surface area contributed by atoms with E-state index in [9.17, 15) is 4.79 Å². The Morgan fingerprint density at radius 3 is 2.70 bits per heavy atom. The minimum Gasteiger partial charge on any atom is -0.353 e. The standard InChI is InChI=1S/C17H34N2O/c1-4-6-10-16(8-5-2)19-17(20)12-14(3)15-9-7-11-18-13-15/h14-16,18H,4-13H2,1-3H3,(H,19,20). The molecule has 3 unspecified atom stereocenters. The molecule has 0 aromatic carbocycles. The molecule has 1 heterocycles. The summed E-state index contributed by atoms with van der Waals surface area (Å²) in [4.78, 5) is 12.2. The molecule has 118 valence electrons. The first-order chi connectivity index (χ1) is 9.67. The van der Waals surface area contributed by atoms with E-state index in [1.54, 1.807) is 0 Å². The van der Waals surface area contributed by atoms with Crippen LogP contribution in [-0.4, -0.2) is 25.0 Å². The van der Waals surface area contributed by atoms with Gasteiger partial charge < -0.3 is 10.6 Å². The van der Waals surface area contributed by atoms with E-state index in [-0.39, 0.29) is 5.91 Å². The van der Waals surface area contributed by atoms with Crippen LogP contribution < -0.4 is 10.6 Å². The number of carbonyl (C=O) groups is 1. The first-order valence-corrected chi connectivity index (χ1v) is 8.67. The third-order valence-corrected chi connectivity index (χ3v) is 4.56. The van der Waals surface area contributed by atoms with Crippen molar-refractivity contribution in [1.29, 1.82) is 0 Å². The number of hydrogen-bond acceptors (Lipinski definition) is 2. The number of piperidine rings is 1. The van der Waals surface area contributed by atoms with E-state index in [0.717, 1.165) is 32.4 Å². The van der Waals surface area contributed by atoms with Crippen molar-refractivity contribution in [3.05, 3.63) is 0 Å². The Labute approximate surface area is 125 Å². The average Bonchev–Trinajstić information content (AvgIpc) is 2.45. The summed E-state index contributed by atoms with van der Waals surface area (Å²) >= 11 is 0. The Hall–Kier alpha value is -0.570. The van der Waals surface area contributed by atoms with Crippen molar-refractivity contribution in [2.75, 3.05) is 13.1 Å². The van der Waals surface area contributed by atoms with Crippen molar-refractivity contribution in [2.24, 2.45) is 11.8 Å². The smallest absolute Gasteiger partial charge is 0.220 e. The van der Waals surface area contributed by atoms with Crippen LogP contribution in [0.4, 0.5) is 0 Å². The lowest BCUT2D eigenvalue weighted by Gasteiger charge is -2.28. The maximum absolute atomic E-state index is 12.2. The van der Waals surface area contributed by atoms with Gasteiger partial charge >= 0.3 is 0 Å². The van der Waals surface area contributed by atoms with Crippen LogP contribution in [-0.2, 0) is 4.79 Å². The van der Waals surface area contributed by atoms with Gasteiger partial charge in [-0.15, -0.1) is 0 Å². The molecule has 0 radical (unpaired) electrons. The Balaban J connectivity index is 2.31. The van der Waals surface area contributed by atoms with Crippen molar-refractivity contribution < 1.29 is 4.79 Å². The SMILES string of the molecule is CCCCC(CCC)NC(=O)CC(C)C1CCCNC1. The summed E-state index contributed by atoms with van der Waals surface area (Å²) in [6.45, 7) is 8.87. The van der Waals surface area contributed by atoms with E-state index in [1.165, 1.54) is 25.7 Å². The molecule has 0 aromatic rings. The molecule has 1 fully saturated rings. The summed E-state index contributed by atoms with van der Waals surface area (Å²) in [6, 6.07) is 0.393. The van der Waals surface area contributed by atoms with Gasteiger partial charge in [0, 0.05) is 12.5 Å². The second-order valence-corrected chi connectivity index (χ2v) is 6.48. The summed E-state index contributed by atoms with van der Waals surface area (Å²) in [5.41, 5.74) is 0. The van der Waals surface area contributed by atoms with Gasteiger partial charge in [-0.3, -0.25) is 4.79 Å². The largest absolute Gasteiger partial charge is 0.353 e. The van der Waals surface area contributed by atoms with Gasteiger partial charge in [-0.1, -0.05) is 40.0 Å². The van der Waals surface area contributed by atoms with E-state index in [1.807, 2.05) is 0 Å². The van der Waals surface area contributed by atoms with Crippen LogP contribution in [0.25, 0.3) is 0 Å². The topological polar surface area (TPSA) is 41.1 Å². The van der Waals surface area contributed by atoms with Gasteiger partial charge in [-0.05, 0) is 50.6 Å². The minimum absolute atomic E-state index is 0.262. The van der Waals surface area contributed by atoms with Gasteiger partial charge in [0.1, 0.15) is 0 Å². The summed E-state index contributed by atoms with van der Waals surface area (Å²) in [7, 11) is 0. The molecule has 1 aliphatic rings. The molecule has 0 bridgehead atoms. The molecule has 3 atom stereocenters. The van der Waals surface area contributed by atoms with Crippen LogP contribution in [0, 0.1) is 11.8 Å². The molecule has 0 aliphatic carbocycles. The Kier molecular flexibility index (Phi) is 8.92. The zero-order valence-corrected chi connectivity index (χ0v) is 13.7. The van der Waals surface area contributed by atoms with E-state index in [0.29, 0.717) is 24.3 Å². The maximum Gasteiger partial charge on any atom is 0.220 e. The Morgan fingerprint density at radius 1 is 1.30 bits per heavy atom. The molecule has 3 nitrogen and oxygen atoms in total. The number of unbranched alkanes of at least 4 members (excludes halogenated alkanes) is 1. The summed E-state index contributed by atoms with van der Waals surface area (Å²) in [6.07, 6.45) is 9.05. The lowest BCUT2D eigenvalue weighted by Crippen LogP contribution is -2.38. The van der Waals surface area contributed by atoms with Crippen LogP contribution >= 0.6 is 0 Å². The van der Waals surface area contributed by atoms with Gasteiger partial charge in [0.15, 0.2) is 0 Å². The number of carbonyl (C=O) groups excluding carboxylic acids is 1. The van der Waals surface area contributed by atoms with E-state index < -0.39 is 0 Å². The molecule has 1 aliphatic heterocycles. The van der Waals surface area contributed by atoms with Gasteiger partial charge in [0.25, 0.3) is 0 Å². The van der Waals surface area contributed by atoms with Crippen molar-refractivity contribution in [2.45, 2.75) is 78.2 Å². The first-order valence-electron chi connectivity index (χ1n) is 8.67. The maximum atomic E-state index is 12.2. The highest BCUT2D eigenvalue weighted by Crippen LogP contribution is 2.22. The third kappa shape index (κ3) is 6.74. The van der Waals surface area contributed by atoms with Gasteiger partial charge in [0.05, 0.1) is 0 Å². The highest BCUT2D eigenvalue weighted by atomic mass is 16.1. The molecule has 1 rings (SSSR count). The zero-order valence-electron chi connectivity index (χ0n) is 13.7. The molecule has 0 aromatic heterocycles. The fourth-order valence-corrected chi connectivity index (χ4v) is 3.20. The van der Waals surface area contributed by atoms with Crippen LogP contribution in [0.2, 0.25) is 0 Å². The lowest BCUT2D eigenvalue weighted by atomic mass is 9.85. The number of amides is 1. The Morgan fingerprint density at radius 2 is 2.10 bits per heavy atom. The second kappa shape index (κ2) is 10.2. The number of hydrogen-bond donors (Lipinski definition) is 2.